The second-order valence-electron chi connectivity index (χ2n) is 6.16. The van der Waals surface area contributed by atoms with Crippen molar-refractivity contribution in [1.82, 2.24) is 10.2 Å². The van der Waals surface area contributed by atoms with E-state index in [9.17, 15) is 18.0 Å². The number of carboxylic acid groups (broad SMARTS) is 1. The van der Waals surface area contributed by atoms with E-state index in [2.05, 4.69) is 5.32 Å². The number of nitrogens with zero attached hydrogens (tertiary/aromatic N) is 1. The number of carbonyl (C=O) groups excluding carboxylic acids is 1. The Morgan fingerprint density at radius 3 is 2.58 bits per heavy atom. The van der Waals surface area contributed by atoms with Gasteiger partial charge in [-0.2, -0.15) is 0 Å². The fraction of sp³-hybridized carbons (Fsp3) is 0.500. The van der Waals surface area contributed by atoms with Crippen LogP contribution in [0.1, 0.15) is 29.6 Å². The largest absolute Gasteiger partial charge is 0.481 e. The van der Waals surface area contributed by atoms with Gasteiger partial charge in [0, 0.05) is 30.4 Å². The Hall–Kier alpha value is -1.93. The van der Waals surface area contributed by atoms with Gasteiger partial charge in [0.25, 0.3) is 5.91 Å². The standard InChI is InChI=1S/C16H22N2O5S/c1-18-12(9-15(19)20)6-7-13(18)10-17-16(21)11-4-3-5-14(8-11)24(2,22)23/h3-5,8,12-13H,6-7,9-10H2,1-2H3,(H,17,21)(H,19,20)/t12-,13+/m1/s1. The van der Waals surface area contributed by atoms with Gasteiger partial charge in [-0.25, -0.2) is 8.42 Å². The van der Waals surface area contributed by atoms with Gasteiger partial charge in [0.2, 0.25) is 0 Å². The molecular formula is C16H22N2O5S. The van der Waals surface area contributed by atoms with E-state index in [1.54, 1.807) is 6.07 Å². The zero-order valence-corrected chi connectivity index (χ0v) is 14.5. The lowest BCUT2D eigenvalue weighted by Gasteiger charge is -2.25. The fourth-order valence-electron chi connectivity index (χ4n) is 2.96. The summed E-state index contributed by atoms with van der Waals surface area (Å²) >= 11 is 0. The van der Waals surface area contributed by atoms with Gasteiger partial charge in [0.1, 0.15) is 0 Å². The minimum absolute atomic E-state index is 0.0158. The highest BCUT2D eigenvalue weighted by atomic mass is 32.2. The molecule has 0 bridgehead atoms. The molecular weight excluding hydrogens is 332 g/mol. The van der Waals surface area contributed by atoms with Crippen LogP contribution in [0.25, 0.3) is 0 Å². The van der Waals surface area contributed by atoms with Crippen LogP contribution in [0.3, 0.4) is 0 Å². The first-order valence-electron chi connectivity index (χ1n) is 7.70. The molecule has 0 aliphatic carbocycles. The molecule has 1 heterocycles. The molecule has 0 unspecified atom stereocenters. The molecule has 1 saturated heterocycles. The highest BCUT2D eigenvalue weighted by Crippen LogP contribution is 2.24. The molecule has 1 aromatic rings. The summed E-state index contributed by atoms with van der Waals surface area (Å²) in [6.07, 6.45) is 2.79. The van der Waals surface area contributed by atoms with Gasteiger partial charge in [0.15, 0.2) is 9.84 Å². The van der Waals surface area contributed by atoms with Crippen molar-refractivity contribution in [2.24, 2.45) is 0 Å². The van der Waals surface area contributed by atoms with Crippen molar-refractivity contribution in [3.63, 3.8) is 0 Å². The lowest BCUT2D eigenvalue weighted by Crippen LogP contribution is -2.41. The van der Waals surface area contributed by atoms with Crippen molar-refractivity contribution < 1.29 is 23.1 Å². The molecule has 0 spiro atoms. The molecule has 2 rings (SSSR count). The van der Waals surface area contributed by atoms with E-state index in [4.69, 9.17) is 5.11 Å². The number of benzene rings is 1. The van der Waals surface area contributed by atoms with Gasteiger partial charge in [-0.3, -0.25) is 14.5 Å². The third-order valence-electron chi connectivity index (χ3n) is 4.42. The molecule has 0 radical (unpaired) electrons. The van der Waals surface area contributed by atoms with Crippen LogP contribution in [0.5, 0.6) is 0 Å². The van der Waals surface area contributed by atoms with Crippen LogP contribution in [0.15, 0.2) is 29.2 Å². The number of aliphatic carboxylic acids is 1. The topological polar surface area (TPSA) is 104 Å². The Bertz CT molecular complexity index is 732. The molecule has 1 fully saturated rings. The van der Waals surface area contributed by atoms with E-state index in [1.165, 1.54) is 18.2 Å². The SMILES string of the molecule is CN1[C@@H](CC(=O)O)CC[C@H]1CNC(=O)c1cccc(S(C)(=O)=O)c1. The van der Waals surface area contributed by atoms with Crippen LogP contribution >= 0.6 is 0 Å². The Labute approximate surface area is 141 Å². The lowest BCUT2D eigenvalue weighted by atomic mass is 10.1. The quantitative estimate of drug-likeness (QED) is 0.782. The predicted molar refractivity (Wildman–Crippen MR) is 88.7 cm³/mol. The average Bonchev–Trinajstić information content (AvgIpc) is 2.84. The van der Waals surface area contributed by atoms with Gasteiger partial charge in [-0.15, -0.1) is 0 Å². The number of sulfone groups is 1. The van der Waals surface area contributed by atoms with Crippen LogP contribution in [0, 0.1) is 0 Å². The number of rotatable bonds is 6. The van der Waals surface area contributed by atoms with Crippen molar-refractivity contribution in [2.75, 3.05) is 19.8 Å². The maximum Gasteiger partial charge on any atom is 0.304 e. The normalized spacial score (nSPS) is 21.6. The Balaban J connectivity index is 1.96. The molecule has 2 N–H and O–H groups in total. The number of hydrogen-bond donors (Lipinski definition) is 2. The summed E-state index contributed by atoms with van der Waals surface area (Å²) in [6, 6.07) is 5.98. The third kappa shape index (κ3) is 4.55. The first kappa shape index (κ1) is 18.4. The third-order valence-corrected chi connectivity index (χ3v) is 5.53. The summed E-state index contributed by atoms with van der Waals surface area (Å²) in [4.78, 5) is 25.1. The molecule has 0 saturated carbocycles. The Morgan fingerprint density at radius 1 is 1.29 bits per heavy atom. The molecule has 8 heteroatoms. The summed E-state index contributed by atoms with van der Waals surface area (Å²) in [6.45, 7) is 0.397. The summed E-state index contributed by atoms with van der Waals surface area (Å²) in [5, 5.41) is 11.7. The minimum Gasteiger partial charge on any atom is -0.481 e. The summed E-state index contributed by atoms with van der Waals surface area (Å²) in [5.41, 5.74) is 0.292. The van der Waals surface area contributed by atoms with Crippen molar-refractivity contribution >= 4 is 21.7 Å². The molecule has 1 amide bonds. The van der Waals surface area contributed by atoms with Gasteiger partial charge in [0.05, 0.1) is 11.3 Å². The van der Waals surface area contributed by atoms with Gasteiger partial charge >= 0.3 is 5.97 Å². The highest BCUT2D eigenvalue weighted by molar-refractivity contribution is 7.90. The highest BCUT2D eigenvalue weighted by Gasteiger charge is 2.31. The first-order chi connectivity index (χ1) is 11.2. The predicted octanol–water partition coefficient (Wildman–Crippen LogP) is 0.757. The smallest absolute Gasteiger partial charge is 0.304 e. The molecule has 132 valence electrons. The lowest BCUT2D eigenvalue weighted by molar-refractivity contribution is -0.138. The molecule has 0 aromatic heterocycles. The Kier molecular flexibility index (Phi) is 5.61. The number of carbonyl (C=O) groups is 2. The zero-order chi connectivity index (χ0) is 17.9. The van der Waals surface area contributed by atoms with Crippen molar-refractivity contribution in [2.45, 2.75) is 36.2 Å². The van der Waals surface area contributed by atoms with E-state index in [-0.39, 0.29) is 29.3 Å². The number of likely N-dealkylation sites (tertiary alicyclic amines) is 1. The zero-order valence-electron chi connectivity index (χ0n) is 13.7. The van der Waals surface area contributed by atoms with Gasteiger partial charge in [-0.05, 0) is 38.1 Å². The summed E-state index contributed by atoms with van der Waals surface area (Å²) in [5.74, 6) is -1.16. The number of nitrogens with one attached hydrogen (secondary N) is 1. The molecule has 24 heavy (non-hydrogen) atoms. The molecule has 2 atom stereocenters. The molecule has 1 aliphatic rings. The second-order valence-corrected chi connectivity index (χ2v) is 8.17. The van der Waals surface area contributed by atoms with Crippen molar-refractivity contribution in [3.8, 4) is 0 Å². The van der Waals surface area contributed by atoms with Crippen LogP contribution in [0.2, 0.25) is 0 Å². The molecule has 7 nitrogen and oxygen atoms in total. The maximum absolute atomic E-state index is 12.2. The second kappa shape index (κ2) is 7.31. The van der Waals surface area contributed by atoms with Gasteiger partial charge in [-0.1, -0.05) is 6.07 Å². The molecule has 1 aliphatic heterocycles. The maximum atomic E-state index is 12.2. The van der Waals surface area contributed by atoms with Crippen molar-refractivity contribution in [3.05, 3.63) is 29.8 Å². The van der Waals surface area contributed by atoms with Crippen LogP contribution in [-0.4, -0.2) is 62.2 Å². The number of carboxylic acids is 1. The number of amides is 1. The summed E-state index contributed by atoms with van der Waals surface area (Å²) < 4.78 is 23.1. The number of hydrogen-bond acceptors (Lipinski definition) is 5. The monoisotopic (exact) mass is 354 g/mol. The minimum atomic E-state index is -3.36. The van der Waals surface area contributed by atoms with Crippen LogP contribution in [-0.2, 0) is 14.6 Å². The molecule has 1 aromatic carbocycles. The van der Waals surface area contributed by atoms with E-state index in [1.807, 2.05) is 11.9 Å². The van der Waals surface area contributed by atoms with E-state index >= 15 is 0 Å². The van der Waals surface area contributed by atoms with E-state index in [0.29, 0.717) is 12.1 Å². The first-order valence-corrected chi connectivity index (χ1v) is 9.59. The summed E-state index contributed by atoms with van der Waals surface area (Å²) in [7, 11) is -1.50. The van der Waals surface area contributed by atoms with Crippen LogP contribution < -0.4 is 5.32 Å². The number of likely N-dealkylation sites (N-methyl/N-ethyl adjacent to an activating group) is 1. The van der Waals surface area contributed by atoms with Crippen molar-refractivity contribution in [1.29, 1.82) is 0 Å². The average molecular weight is 354 g/mol. The Morgan fingerprint density at radius 2 is 1.96 bits per heavy atom. The van der Waals surface area contributed by atoms with Crippen LogP contribution in [0.4, 0.5) is 0 Å². The van der Waals surface area contributed by atoms with E-state index < -0.39 is 15.8 Å². The van der Waals surface area contributed by atoms with Gasteiger partial charge < -0.3 is 10.4 Å². The fourth-order valence-corrected chi connectivity index (χ4v) is 3.63. The van der Waals surface area contributed by atoms with E-state index in [0.717, 1.165) is 19.1 Å².